The van der Waals surface area contributed by atoms with E-state index in [9.17, 15) is 9.90 Å². The Balaban J connectivity index is 2.46. The lowest BCUT2D eigenvalue weighted by molar-refractivity contribution is -0.151. The molecule has 3 nitrogen and oxygen atoms in total. The molecule has 0 saturated heterocycles. The number of allylic oxidation sites excluding steroid dienone is 1. The van der Waals surface area contributed by atoms with Gasteiger partial charge in [0, 0.05) is 0 Å². The Morgan fingerprint density at radius 3 is 2.88 bits per heavy atom. The van der Waals surface area contributed by atoms with Gasteiger partial charge in [-0.05, 0) is 37.7 Å². The van der Waals surface area contributed by atoms with Crippen LogP contribution in [0.25, 0.3) is 0 Å². The molecule has 0 aromatic rings. The van der Waals surface area contributed by atoms with Crippen molar-refractivity contribution in [3.05, 3.63) is 11.6 Å². The van der Waals surface area contributed by atoms with E-state index in [-0.39, 0.29) is 0 Å². The van der Waals surface area contributed by atoms with Gasteiger partial charge in [-0.25, -0.2) is 4.79 Å². The van der Waals surface area contributed by atoms with Crippen LogP contribution in [0.15, 0.2) is 11.6 Å². The number of carbonyl (C=O) groups excluding carboxylic acids is 1. The number of aliphatic hydroxyl groups is 1. The summed E-state index contributed by atoms with van der Waals surface area (Å²) < 4.78 is 4.80. The molecule has 0 aliphatic heterocycles. The molecule has 1 rings (SSSR count). The molecule has 0 saturated carbocycles. The van der Waals surface area contributed by atoms with Crippen LogP contribution in [0.3, 0.4) is 0 Å². The Labute approximate surface area is 97.5 Å². The number of hydrogen-bond acceptors (Lipinski definition) is 3. The fourth-order valence-electron chi connectivity index (χ4n) is 2.20. The van der Waals surface area contributed by atoms with Crippen LogP contribution in [-0.4, -0.2) is 23.8 Å². The van der Waals surface area contributed by atoms with E-state index in [1.807, 2.05) is 6.08 Å². The highest BCUT2D eigenvalue weighted by Crippen LogP contribution is 2.28. The van der Waals surface area contributed by atoms with Crippen LogP contribution in [0, 0.1) is 5.92 Å². The molecule has 1 aliphatic rings. The summed E-state index contributed by atoms with van der Waals surface area (Å²) in [6.07, 6.45) is 6.31. The molecule has 0 aromatic carbocycles. The van der Waals surface area contributed by atoms with Gasteiger partial charge in [-0.3, -0.25) is 0 Å². The van der Waals surface area contributed by atoms with E-state index >= 15 is 0 Å². The quantitative estimate of drug-likeness (QED) is 0.578. The molecule has 0 radical (unpaired) electrons. The molecular formula is C13H22O3. The van der Waals surface area contributed by atoms with Crippen LogP contribution in [0.4, 0.5) is 0 Å². The molecule has 2 atom stereocenters. The number of aliphatic hydroxyl groups excluding tert-OH is 1. The maximum absolute atomic E-state index is 11.3. The minimum Gasteiger partial charge on any atom is -0.464 e. The number of rotatable bonds is 5. The minimum absolute atomic E-state index is 0.321. The van der Waals surface area contributed by atoms with Crippen molar-refractivity contribution in [1.29, 1.82) is 0 Å². The number of esters is 1. The van der Waals surface area contributed by atoms with Crippen LogP contribution < -0.4 is 0 Å². The third-order valence-corrected chi connectivity index (χ3v) is 3.11. The summed E-state index contributed by atoms with van der Waals surface area (Å²) >= 11 is 0. The van der Waals surface area contributed by atoms with Gasteiger partial charge >= 0.3 is 5.97 Å². The van der Waals surface area contributed by atoms with E-state index in [0.29, 0.717) is 6.61 Å². The van der Waals surface area contributed by atoms with E-state index < -0.39 is 12.1 Å². The topological polar surface area (TPSA) is 46.5 Å². The van der Waals surface area contributed by atoms with Crippen LogP contribution in [0.1, 0.15) is 46.0 Å². The molecule has 0 aromatic heterocycles. The van der Waals surface area contributed by atoms with Gasteiger partial charge in [-0.1, -0.05) is 25.8 Å². The van der Waals surface area contributed by atoms with Crippen molar-refractivity contribution in [2.75, 3.05) is 6.61 Å². The molecule has 3 heteroatoms. The summed E-state index contributed by atoms with van der Waals surface area (Å²) in [5, 5.41) is 9.75. The first-order chi connectivity index (χ1) is 7.69. The van der Waals surface area contributed by atoms with E-state index in [0.717, 1.165) is 30.8 Å². The van der Waals surface area contributed by atoms with Gasteiger partial charge in [-0.15, -0.1) is 0 Å². The van der Waals surface area contributed by atoms with Gasteiger partial charge in [0.05, 0.1) is 6.61 Å². The minimum atomic E-state index is -1.04. The molecule has 0 amide bonds. The van der Waals surface area contributed by atoms with E-state index in [2.05, 4.69) is 6.92 Å². The lowest BCUT2D eigenvalue weighted by Crippen LogP contribution is -2.27. The first kappa shape index (κ1) is 13.2. The fourth-order valence-corrected chi connectivity index (χ4v) is 2.20. The van der Waals surface area contributed by atoms with Gasteiger partial charge in [0.15, 0.2) is 6.10 Å². The first-order valence-corrected chi connectivity index (χ1v) is 6.22. The standard InChI is InChI=1S/C13H22O3/c1-3-5-10-6-8-11(9-7-10)12(14)13(15)16-4-2/h8,10,12,14H,3-7,9H2,1-2H3. The average molecular weight is 226 g/mol. The molecule has 0 spiro atoms. The van der Waals surface area contributed by atoms with E-state index in [4.69, 9.17) is 4.74 Å². The van der Waals surface area contributed by atoms with Gasteiger partial charge in [0.1, 0.15) is 0 Å². The molecule has 92 valence electrons. The third kappa shape index (κ3) is 3.63. The lowest BCUT2D eigenvalue weighted by Gasteiger charge is -2.23. The van der Waals surface area contributed by atoms with Crippen molar-refractivity contribution in [3.63, 3.8) is 0 Å². The molecule has 0 fully saturated rings. The lowest BCUT2D eigenvalue weighted by atomic mass is 9.85. The van der Waals surface area contributed by atoms with Crippen LogP contribution in [0.5, 0.6) is 0 Å². The van der Waals surface area contributed by atoms with Crippen molar-refractivity contribution in [2.24, 2.45) is 5.92 Å². The molecular weight excluding hydrogens is 204 g/mol. The SMILES string of the molecule is CCCC1CC=C(C(O)C(=O)OCC)CC1. The fraction of sp³-hybridized carbons (Fsp3) is 0.769. The normalized spacial score (nSPS) is 22.4. The van der Waals surface area contributed by atoms with Crippen molar-refractivity contribution in [3.8, 4) is 0 Å². The van der Waals surface area contributed by atoms with Crippen LogP contribution >= 0.6 is 0 Å². The number of carbonyl (C=O) groups is 1. The monoisotopic (exact) mass is 226 g/mol. The zero-order chi connectivity index (χ0) is 12.0. The highest BCUT2D eigenvalue weighted by Gasteiger charge is 2.24. The first-order valence-electron chi connectivity index (χ1n) is 6.22. The Morgan fingerprint density at radius 1 is 1.62 bits per heavy atom. The van der Waals surface area contributed by atoms with Gasteiger partial charge in [-0.2, -0.15) is 0 Å². The number of hydrogen-bond donors (Lipinski definition) is 1. The summed E-state index contributed by atoms with van der Waals surface area (Å²) in [4.78, 5) is 11.3. The predicted octanol–water partition coefficient (Wildman–Crippen LogP) is 2.44. The summed E-state index contributed by atoms with van der Waals surface area (Å²) in [7, 11) is 0. The summed E-state index contributed by atoms with van der Waals surface area (Å²) in [5.41, 5.74) is 0.839. The molecule has 0 bridgehead atoms. The van der Waals surface area contributed by atoms with Gasteiger partial charge in [0.25, 0.3) is 0 Å². The zero-order valence-electron chi connectivity index (χ0n) is 10.2. The largest absolute Gasteiger partial charge is 0.464 e. The molecule has 1 N–H and O–H groups in total. The van der Waals surface area contributed by atoms with Crippen molar-refractivity contribution >= 4 is 5.97 Å². The Morgan fingerprint density at radius 2 is 2.38 bits per heavy atom. The molecule has 2 unspecified atom stereocenters. The second kappa shape index (κ2) is 6.69. The second-order valence-corrected chi connectivity index (χ2v) is 4.36. The second-order valence-electron chi connectivity index (χ2n) is 4.36. The average Bonchev–Trinajstić information content (AvgIpc) is 2.30. The highest BCUT2D eigenvalue weighted by molar-refractivity contribution is 5.78. The highest BCUT2D eigenvalue weighted by atomic mass is 16.5. The summed E-state index contributed by atoms with van der Waals surface area (Å²) in [5.74, 6) is 0.214. The van der Waals surface area contributed by atoms with Crippen LogP contribution in [-0.2, 0) is 9.53 Å². The van der Waals surface area contributed by atoms with Crippen molar-refractivity contribution in [1.82, 2.24) is 0 Å². The maximum Gasteiger partial charge on any atom is 0.339 e. The molecule has 1 aliphatic carbocycles. The maximum atomic E-state index is 11.3. The Hall–Kier alpha value is -0.830. The van der Waals surface area contributed by atoms with E-state index in [1.165, 1.54) is 12.8 Å². The number of ether oxygens (including phenoxy) is 1. The predicted molar refractivity (Wildman–Crippen MR) is 63.0 cm³/mol. The molecule has 16 heavy (non-hydrogen) atoms. The zero-order valence-corrected chi connectivity index (χ0v) is 10.2. The smallest absolute Gasteiger partial charge is 0.339 e. The summed E-state index contributed by atoms with van der Waals surface area (Å²) in [6, 6.07) is 0. The molecule has 0 heterocycles. The Bertz CT molecular complexity index is 258. The van der Waals surface area contributed by atoms with Gasteiger partial charge < -0.3 is 9.84 Å². The van der Waals surface area contributed by atoms with Crippen molar-refractivity contribution in [2.45, 2.75) is 52.1 Å². The third-order valence-electron chi connectivity index (χ3n) is 3.11. The summed E-state index contributed by atoms with van der Waals surface area (Å²) in [6.45, 7) is 4.26. The van der Waals surface area contributed by atoms with Gasteiger partial charge in [0.2, 0.25) is 0 Å². The van der Waals surface area contributed by atoms with E-state index in [1.54, 1.807) is 6.92 Å². The Kier molecular flexibility index (Phi) is 5.53. The van der Waals surface area contributed by atoms with Crippen LogP contribution in [0.2, 0.25) is 0 Å². The van der Waals surface area contributed by atoms with Crippen molar-refractivity contribution < 1.29 is 14.6 Å².